The van der Waals surface area contributed by atoms with Crippen molar-refractivity contribution in [3.63, 3.8) is 0 Å². The van der Waals surface area contributed by atoms with Crippen molar-refractivity contribution in [1.29, 1.82) is 0 Å². The fraction of sp³-hybridized carbons (Fsp3) is 0.745. The molecule has 34 heteroatoms. The fourth-order valence-electron chi connectivity index (χ4n) is 8.44. The average Bonchev–Trinajstić information content (AvgIpc) is 1.13. The molecule has 0 aromatic heterocycles. The van der Waals surface area contributed by atoms with E-state index in [1.165, 1.54) is 0 Å². The van der Waals surface area contributed by atoms with E-state index in [4.69, 9.17) is 75.8 Å². The van der Waals surface area contributed by atoms with Crippen LogP contribution in [0.3, 0.4) is 0 Å². The number of amides is 1. The highest BCUT2D eigenvalue weighted by Gasteiger charge is 2.60. The lowest BCUT2D eigenvalue weighted by molar-refractivity contribution is -0.372. The van der Waals surface area contributed by atoms with Gasteiger partial charge >= 0.3 is 71.6 Å². The lowest BCUT2D eigenvalue weighted by Gasteiger charge is -2.50. The summed E-state index contributed by atoms with van der Waals surface area (Å²) in [7, 11) is 2.62. The second-order valence-corrected chi connectivity index (χ2v) is 22.4. The third-order valence-corrected chi connectivity index (χ3v) is 14.1. The van der Waals surface area contributed by atoms with Crippen LogP contribution in [0.25, 0.3) is 0 Å². The molecule has 17 unspecified atom stereocenters. The number of methoxy groups -OCH3 is 1. The summed E-state index contributed by atoms with van der Waals surface area (Å²) in [6.07, 6.45) is -26.6. The molecule has 0 bridgehead atoms. The van der Waals surface area contributed by atoms with E-state index in [0.29, 0.717) is 0 Å². The van der Waals surface area contributed by atoms with Gasteiger partial charge in [0.1, 0.15) is 55.9 Å². The molecular formula is C51H73NO31S2. The molecule has 32 nitrogen and oxygen atoms in total. The van der Waals surface area contributed by atoms with Crippen LogP contribution >= 0.6 is 21.6 Å². The largest absolute Gasteiger partial charge is 0.467 e. The van der Waals surface area contributed by atoms with E-state index in [0.717, 1.165) is 97.9 Å². The molecule has 0 aromatic rings. The minimum Gasteiger partial charge on any atom is -0.467 e. The molecule has 3 fully saturated rings. The smallest absolute Gasteiger partial charge is 0.330 e. The van der Waals surface area contributed by atoms with Crippen LogP contribution in [0.2, 0.25) is 0 Å². The van der Waals surface area contributed by atoms with Crippen molar-refractivity contribution in [1.82, 2.24) is 5.32 Å². The Labute approximate surface area is 495 Å². The summed E-state index contributed by atoms with van der Waals surface area (Å²) in [6.45, 7) is 11.3. The fourth-order valence-corrected chi connectivity index (χ4v) is 11.2. The van der Waals surface area contributed by atoms with Gasteiger partial charge in [-0.3, -0.25) is 57.5 Å². The molecule has 3 aliphatic rings. The Bertz CT molecular complexity index is 2400. The van der Waals surface area contributed by atoms with E-state index in [9.17, 15) is 67.4 Å². The summed E-state index contributed by atoms with van der Waals surface area (Å²) in [5.74, 6) is -14.3. The van der Waals surface area contributed by atoms with E-state index in [1.54, 1.807) is 20.8 Å². The average molecular weight is 1260 g/mol. The van der Waals surface area contributed by atoms with Crippen molar-refractivity contribution in [2.75, 3.05) is 39.3 Å². The molecule has 1 amide bonds. The third-order valence-electron chi connectivity index (χ3n) is 11.4. The first-order chi connectivity index (χ1) is 39.6. The number of hydrogen-bond donors (Lipinski definition) is 2. The molecule has 0 aromatic carbocycles. The number of hydrogen-bond acceptors (Lipinski definition) is 33. The van der Waals surface area contributed by atoms with Crippen molar-refractivity contribution in [2.24, 2.45) is 5.92 Å². The normalized spacial score (nSPS) is 28.0. The minimum absolute atomic E-state index is 0.295. The Morgan fingerprint density at radius 3 is 1.21 bits per heavy atom. The predicted molar refractivity (Wildman–Crippen MR) is 280 cm³/mol. The van der Waals surface area contributed by atoms with Gasteiger partial charge in [-0.25, -0.2) is 4.79 Å². The third kappa shape index (κ3) is 24.1. The number of rotatable bonds is 27. The number of aliphatic hydroxyl groups excluding tert-OH is 1. The zero-order chi connectivity index (χ0) is 64.2. The summed E-state index contributed by atoms with van der Waals surface area (Å²) in [4.78, 5) is 167. The monoisotopic (exact) mass is 1260 g/mol. The van der Waals surface area contributed by atoms with Crippen molar-refractivity contribution in [2.45, 2.75) is 199 Å². The van der Waals surface area contributed by atoms with Gasteiger partial charge in [-0.1, -0.05) is 21.6 Å². The molecule has 85 heavy (non-hydrogen) atoms. The van der Waals surface area contributed by atoms with E-state index < -0.39 is 219 Å². The van der Waals surface area contributed by atoms with Crippen LogP contribution in [0.1, 0.15) is 96.4 Å². The molecule has 0 spiro atoms. The van der Waals surface area contributed by atoms with E-state index >= 15 is 0 Å². The molecule has 0 aliphatic carbocycles. The molecule has 2 N–H and O–H groups in total. The Morgan fingerprint density at radius 1 is 0.482 bits per heavy atom. The van der Waals surface area contributed by atoms with Gasteiger partial charge in [0.15, 0.2) is 66.8 Å². The quantitative estimate of drug-likeness (QED) is 0.0596. The maximum atomic E-state index is 13.7. The lowest BCUT2D eigenvalue weighted by atomic mass is 9.95. The number of ether oxygens (including phenoxy) is 17. The first kappa shape index (κ1) is 72.8. The summed E-state index contributed by atoms with van der Waals surface area (Å²) in [6, 6.07) is -1.54. The van der Waals surface area contributed by atoms with Gasteiger partial charge in [0.05, 0.1) is 26.1 Å². The van der Waals surface area contributed by atoms with Gasteiger partial charge in [-0.2, -0.15) is 0 Å². The van der Waals surface area contributed by atoms with Gasteiger partial charge in [-0.15, -0.1) is 0 Å². The highest BCUT2D eigenvalue weighted by atomic mass is 33.1. The van der Waals surface area contributed by atoms with Crippen molar-refractivity contribution in [3.05, 3.63) is 0 Å². The molecular weight excluding hydrogens is 1190 g/mol. The van der Waals surface area contributed by atoms with Crippen molar-refractivity contribution in [3.8, 4) is 0 Å². The number of carbonyl (C=O) groups excluding carboxylic acids is 13. The Hall–Kier alpha value is -6.43. The minimum atomic E-state index is -2.12. The molecule has 0 radical (unpaired) electrons. The first-order valence-electron chi connectivity index (χ1n) is 26.0. The zero-order valence-electron chi connectivity index (χ0n) is 49.1. The van der Waals surface area contributed by atoms with Gasteiger partial charge in [-0.05, 0) is 20.8 Å². The molecule has 480 valence electrons. The van der Waals surface area contributed by atoms with Crippen LogP contribution in [-0.2, 0) is 143 Å². The second kappa shape index (κ2) is 34.1. The molecule has 3 saturated heterocycles. The Morgan fingerprint density at radius 2 is 0.835 bits per heavy atom. The van der Waals surface area contributed by atoms with Crippen LogP contribution in [0.15, 0.2) is 0 Å². The predicted octanol–water partition coefficient (Wildman–Crippen LogP) is -0.478. The first-order valence-corrected chi connectivity index (χ1v) is 28.4. The molecule has 3 aliphatic heterocycles. The van der Waals surface area contributed by atoms with E-state index in [-0.39, 0.29) is 5.75 Å². The van der Waals surface area contributed by atoms with Crippen molar-refractivity contribution < 1.29 is 148 Å². The highest BCUT2D eigenvalue weighted by molar-refractivity contribution is 8.76. The molecule has 17 atom stereocenters. The summed E-state index contributed by atoms with van der Waals surface area (Å²) in [5.41, 5.74) is -2.48. The van der Waals surface area contributed by atoms with Crippen LogP contribution < -0.4 is 5.32 Å². The van der Waals surface area contributed by atoms with Crippen LogP contribution in [-0.4, -0.2) is 225 Å². The van der Waals surface area contributed by atoms with Gasteiger partial charge < -0.3 is 90.9 Å². The Kier molecular flexibility index (Phi) is 29.2. The van der Waals surface area contributed by atoms with Crippen LogP contribution in [0.4, 0.5) is 0 Å². The number of nitrogens with one attached hydrogen (secondary N) is 1. The summed E-state index contributed by atoms with van der Waals surface area (Å²) in [5, 5.41) is 12.2. The summed E-state index contributed by atoms with van der Waals surface area (Å²) >= 11 is 0. The standard InChI is InChI=1S/C51H73NO31S2/c1-21(54)68-17-33-37(71-24(4)57)40(72-25(5)58)43(75-28(8)61)48(78-33)81-38-34(18-69-22(2)55)79-49(44(76-29(9)62)41(38)73-26(6)59)82-39-35(19-70-23(3)56)80-50(45(77-30(10)63)42(39)74-27(7)60)85-84-20-31(15-36(64)83-51(11,12)13)46(65)52-32(16-53)47(66)67-14/h31-35,37-45,48-50,53H,15-20H2,1-14H3,(H,52,65). The van der Waals surface area contributed by atoms with Gasteiger partial charge in [0.2, 0.25) is 5.91 Å². The maximum absolute atomic E-state index is 13.7. The number of aliphatic hydroxyl groups is 1. The topological polar surface area (TPSA) is 411 Å². The SMILES string of the molecule is COC(=O)C(CO)NC(=O)C(CSSC1OC(COC(C)=O)C(OC2OC(COC(C)=O)C(OC3OC(COC(C)=O)C(OC(C)=O)C(OC(C)=O)C3OC(C)=O)C(OC(C)=O)C2OC(C)=O)C(OC(C)=O)C1OC(C)=O)CC(=O)OC(C)(C)C. The number of esters is 12. The highest BCUT2D eigenvalue weighted by Crippen LogP contribution is 2.43. The van der Waals surface area contributed by atoms with E-state index in [1.807, 2.05) is 0 Å². The van der Waals surface area contributed by atoms with Gasteiger partial charge in [0, 0.05) is 75.0 Å². The number of carbonyl (C=O) groups is 13. The van der Waals surface area contributed by atoms with Crippen LogP contribution in [0, 0.1) is 5.92 Å². The molecule has 3 rings (SSSR count). The Balaban J connectivity index is 2.27. The van der Waals surface area contributed by atoms with Gasteiger partial charge in [0.25, 0.3) is 0 Å². The summed E-state index contributed by atoms with van der Waals surface area (Å²) < 4.78 is 97.5. The van der Waals surface area contributed by atoms with Crippen LogP contribution in [0.5, 0.6) is 0 Å². The van der Waals surface area contributed by atoms with Crippen molar-refractivity contribution >= 4 is 99.1 Å². The second-order valence-electron chi connectivity index (χ2n) is 19.9. The molecule has 3 heterocycles. The zero-order valence-corrected chi connectivity index (χ0v) is 50.7. The lowest BCUT2D eigenvalue weighted by Crippen LogP contribution is -2.68. The molecule has 0 saturated carbocycles. The maximum Gasteiger partial charge on any atom is 0.330 e. The van der Waals surface area contributed by atoms with E-state index in [2.05, 4.69) is 10.1 Å².